The Labute approximate surface area is 119 Å². The van der Waals surface area contributed by atoms with Crippen LogP contribution in [0.4, 0.5) is 10.8 Å². The highest BCUT2D eigenvalue weighted by atomic mass is 32.1. The minimum Gasteiger partial charge on any atom is -0.480 e. The quantitative estimate of drug-likeness (QED) is 0.890. The van der Waals surface area contributed by atoms with Crippen molar-refractivity contribution in [3.05, 3.63) is 40.9 Å². The van der Waals surface area contributed by atoms with E-state index in [0.717, 1.165) is 5.69 Å². The Balaban J connectivity index is 2.23. The molecule has 0 bridgehead atoms. The highest BCUT2D eigenvalue weighted by Crippen LogP contribution is 2.28. The van der Waals surface area contributed by atoms with Gasteiger partial charge in [0, 0.05) is 18.1 Å². The molecule has 1 heterocycles. The highest BCUT2D eigenvalue weighted by Gasteiger charge is 2.19. The fourth-order valence-electron chi connectivity index (χ4n) is 1.57. The molecule has 6 nitrogen and oxygen atoms in total. The van der Waals surface area contributed by atoms with E-state index in [0.29, 0.717) is 16.4 Å². The number of carboxylic acids is 1. The topological polar surface area (TPSA) is 103 Å². The van der Waals surface area contributed by atoms with Crippen LogP contribution in [-0.4, -0.2) is 23.1 Å². The molecule has 2 rings (SSSR count). The van der Waals surface area contributed by atoms with E-state index < -0.39 is 12.0 Å². The first-order valence-electron chi connectivity index (χ1n) is 5.70. The maximum atomic E-state index is 10.8. The van der Waals surface area contributed by atoms with Crippen LogP contribution in [0.1, 0.15) is 17.3 Å². The highest BCUT2D eigenvalue weighted by molar-refractivity contribution is 7.13. The monoisotopic (exact) mass is 288 g/mol. The zero-order valence-corrected chi connectivity index (χ0v) is 11.5. The van der Waals surface area contributed by atoms with Gasteiger partial charge in [-0.25, -0.2) is 4.98 Å². The van der Waals surface area contributed by atoms with Gasteiger partial charge in [0.25, 0.3) is 0 Å². The summed E-state index contributed by atoms with van der Waals surface area (Å²) in [6.45, 7) is 0. The molecule has 0 amide bonds. The van der Waals surface area contributed by atoms with Gasteiger partial charge in [0.05, 0.1) is 17.3 Å². The average Bonchev–Trinajstić information content (AvgIpc) is 2.95. The summed E-state index contributed by atoms with van der Waals surface area (Å²) in [5, 5.41) is 19.9. The van der Waals surface area contributed by atoms with Crippen molar-refractivity contribution >= 4 is 28.1 Å². The van der Waals surface area contributed by atoms with E-state index in [1.807, 2.05) is 11.9 Å². The molecule has 1 aromatic carbocycles. The van der Waals surface area contributed by atoms with Crippen LogP contribution in [0.15, 0.2) is 29.6 Å². The number of carbonyl (C=O) groups is 1. The average molecular weight is 288 g/mol. The summed E-state index contributed by atoms with van der Waals surface area (Å²) < 4.78 is 0. The smallest absolute Gasteiger partial charge is 0.326 e. The van der Waals surface area contributed by atoms with E-state index in [1.165, 1.54) is 11.3 Å². The van der Waals surface area contributed by atoms with E-state index >= 15 is 0 Å². The van der Waals surface area contributed by atoms with Crippen molar-refractivity contribution in [2.75, 3.05) is 11.9 Å². The van der Waals surface area contributed by atoms with Crippen LogP contribution in [0, 0.1) is 11.3 Å². The minimum absolute atomic E-state index is 0.331. The second-order valence-electron chi connectivity index (χ2n) is 4.09. The molecule has 0 saturated carbocycles. The Bertz CT molecular complexity index is 660. The number of nitrogens with zero attached hydrogens (tertiary/aromatic N) is 3. The number of aliphatic carboxylic acids is 1. The second-order valence-corrected chi connectivity index (χ2v) is 4.93. The number of hydrogen-bond acceptors (Lipinski definition) is 6. The van der Waals surface area contributed by atoms with Crippen molar-refractivity contribution < 1.29 is 9.90 Å². The van der Waals surface area contributed by atoms with Crippen molar-refractivity contribution in [2.24, 2.45) is 5.73 Å². The first-order chi connectivity index (χ1) is 9.52. The Hall–Kier alpha value is -2.43. The van der Waals surface area contributed by atoms with E-state index in [2.05, 4.69) is 11.1 Å². The number of hydrogen-bond donors (Lipinski definition) is 2. The third-order valence-corrected chi connectivity index (χ3v) is 3.70. The van der Waals surface area contributed by atoms with Gasteiger partial charge < -0.3 is 15.7 Å². The Morgan fingerprint density at radius 3 is 2.70 bits per heavy atom. The lowest BCUT2D eigenvalue weighted by Gasteiger charge is -2.15. The number of thiazole rings is 1. The van der Waals surface area contributed by atoms with Gasteiger partial charge in [-0.1, -0.05) is 0 Å². The van der Waals surface area contributed by atoms with Crippen LogP contribution in [0.2, 0.25) is 0 Å². The van der Waals surface area contributed by atoms with E-state index in [1.54, 1.807) is 29.6 Å². The van der Waals surface area contributed by atoms with Crippen LogP contribution in [0.3, 0.4) is 0 Å². The molecule has 0 aliphatic rings. The van der Waals surface area contributed by atoms with Gasteiger partial charge in [0.15, 0.2) is 5.13 Å². The lowest BCUT2D eigenvalue weighted by Crippen LogP contribution is -2.21. The molecular formula is C13H12N4O2S. The van der Waals surface area contributed by atoms with Crippen LogP contribution < -0.4 is 10.6 Å². The van der Waals surface area contributed by atoms with E-state index in [-0.39, 0.29) is 0 Å². The summed E-state index contributed by atoms with van der Waals surface area (Å²) in [6, 6.07) is 7.96. The number of aromatic nitrogens is 1. The largest absolute Gasteiger partial charge is 0.480 e. The molecular weight excluding hydrogens is 276 g/mol. The standard InChI is InChI=1S/C13H12N4O2S/c1-17(9-4-2-8(6-14)3-5-9)13-16-10(7-20-13)11(15)12(18)19/h2-5,7,11H,15H2,1H3,(H,18,19). The second kappa shape index (κ2) is 5.69. The van der Waals surface area contributed by atoms with E-state index in [9.17, 15) is 4.79 Å². The van der Waals surface area contributed by atoms with E-state index in [4.69, 9.17) is 16.1 Å². The van der Waals surface area contributed by atoms with Gasteiger partial charge in [0.2, 0.25) is 0 Å². The van der Waals surface area contributed by atoms with Crippen molar-refractivity contribution in [3.8, 4) is 6.07 Å². The number of rotatable bonds is 4. The lowest BCUT2D eigenvalue weighted by atomic mass is 10.2. The summed E-state index contributed by atoms with van der Waals surface area (Å²) >= 11 is 1.31. The molecule has 102 valence electrons. The Kier molecular flexibility index (Phi) is 3.98. The lowest BCUT2D eigenvalue weighted by molar-refractivity contribution is -0.138. The maximum Gasteiger partial charge on any atom is 0.326 e. The van der Waals surface area contributed by atoms with Crippen molar-refractivity contribution in [1.29, 1.82) is 5.26 Å². The zero-order chi connectivity index (χ0) is 14.7. The first kappa shape index (κ1) is 14.0. The normalized spacial score (nSPS) is 11.7. The molecule has 1 unspecified atom stereocenters. The summed E-state index contributed by atoms with van der Waals surface area (Å²) in [4.78, 5) is 16.8. The Morgan fingerprint density at radius 1 is 1.50 bits per heavy atom. The maximum absolute atomic E-state index is 10.8. The van der Waals surface area contributed by atoms with Crippen molar-refractivity contribution in [1.82, 2.24) is 4.98 Å². The fourth-order valence-corrected chi connectivity index (χ4v) is 2.42. The third kappa shape index (κ3) is 2.77. The molecule has 0 aliphatic heterocycles. The SMILES string of the molecule is CN(c1ccc(C#N)cc1)c1nc(C(N)C(=O)O)cs1. The van der Waals surface area contributed by atoms with Gasteiger partial charge in [-0.3, -0.25) is 4.79 Å². The molecule has 3 N–H and O–H groups in total. The summed E-state index contributed by atoms with van der Waals surface area (Å²) in [6.07, 6.45) is 0. The predicted molar refractivity (Wildman–Crippen MR) is 75.9 cm³/mol. The first-order valence-corrected chi connectivity index (χ1v) is 6.58. The third-order valence-electron chi connectivity index (χ3n) is 2.77. The van der Waals surface area contributed by atoms with Crippen molar-refractivity contribution in [2.45, 2.75) is 6.04 Å². The molecule has 7 heteroatoms. The fraction of sp³-hybridized carbons (Fsp3) is 0.154. The molecule has 1 atom stereocenters. The van der Waals surface area contributed by atoms with Gasteiger partial charge in [-0.05, 0) is 24.3 Å². The Morgan fingerprint density at radius 2 is 2.15 bits per heavy atom. The number of nitrogens with two attached hydrogens (primary N) is 1. The minimum atomic E-state index is -1.12. The van der Waals surface area contributed by atoms with Gasteiger partial charge in [-0.2, -0.15) is 5.26 Å². The number of carboxylic acid groups (broad SMARTS) is 1. The van der Waals surface area contributed by atoms with Gasteiger partial charge >= 0.3 is 5.97 Å². The molecule has 20 heavy (non-hydrogen) atoms. The molecule has 0 fully saturated rings. The molecule has 2 aromatic rings. The molecule has 1 aromatic heterocycles. The number of nitriles is 1. The van der Waals surface area contributed by atoms with Crippen molar-refractivity contribution in [3.63, 3.8) is 0 Å². The van der Waals surface area contributed by atoms with Crippen LogP contribution in [-0.2, 0) is 4.79 Å². The summed E-state index contributed by atoms with van der Waals surface area (Å²) in [5.74, 6) is -1.11. The number of anilines is 2. The zero-order valence-electron chi connectivity index (χ0n) is 10.6. The molecule has 0 aliphatic carbocycles. The molecule has 0 radical (unpaired) electrons. The van der Waals surface area contributed by atoms with Crippen LogP contribution in [0.25, 0.3) is 0 Å². The summed E-state index contributed by atoms with van der Waals surface area (Å²) in [5.41, 5.74) is 7.28. The molecule has 0 saturated heterocycles. The van der Waals surface area contributed by atoms with Gasteiger partial charge in [-0.15, -0.1) is 11.3 Å². The molecule has 0 spiro atoms. The summed E-state index contributed by atoms with van der Waals surface area (Å²) in [7, 11) is 1.82. The number of benzene rings is 1. The van der Waals surface area contributed by atoms with Gasteiger partial charge in [0.1, 0.15) is 6.04 Å². The predicted octanol–water partition coefficient (Wildman–Crippen LogP) is 1.87. The van der Waals surface area contributed by atoms with Crippen LogP contribution in [0.5, 0.6) is 0 Å². The van der Waals surface area contributed by atoms with Crippen LogP contribution >= 0.6 is 11.3 Å².